The van der Waals surface area contributed by atoms with Crippen molar-refractivity contribution in [2.75, 3.05) is 13.1 Å². The number of amides is 4. The Hall–Kier alpha value is -4.13. The highest BCUT2D eigenvalue weighted by atomic mass is 16.6. The van der Waals surface area contributed by atoms with Gasteiger partial charge in [0.25, 0.3) is 0 Å². The van der Waals surface area contributed by atoms with Gasteiger partial charge < -0.3 is 40.4 Å². The van der Waals surface area contributed by atoms with Crippen molar-refractivity contribution in [3.8, 4) is 0 Å². The van der Waals surface area contributed by atoms with Gasteiger partial charge in [0.1, 0.15) is 29.9 Å². The van der Waals surface area contributed by atoms with Crippen LogP contribution in [0.5, 0.6) is 0 Å². The SMILES string of the molecule is CCN1C[C@@H]([C@H](O)[C@H](CC2CCCCC2)NC(=O)[C@H](Cc2cnc[nH]2)NC(=O)[C@H](Cc2ccccc2)NC(=O)OC(C)(C)C)OC1=O. The molecule has 5 N–H and O–H groups in total. The lowest BCUT2D eigenvalue weighted by atomic mass is 9.83. The van der Waals surface area contributed by atoms with Crippen molar-refractivity contribution in [1.29, 1.82) is 0 Å². The molecule has 2 aliphatic rings. The number of hydrogen-bond acceptors (Lipinski definition) is 8. The first-order valence-corrected chi connectivity index (χ1v) is 16.7. The zero-order valence-electron chi connectivity index (χ0n) is 27.9. The summed E-state index contributed by atoms with van der Waals surface area (Å²) < 4.78 is 10.9. The highest BCUT2D eigenvalue weighted by Gasteiger charge is 2.41. The molecule has 4 rings (SSSR count). The molecule has 0 radical (unpaired) electrons. The fourth-order valence-electron chi connectivity index (χ4n) is 6.18. The number of ether oxygens (including phenoxy) is 2. The van der Waals surface area contributed by atoms with Crippen molar-refractivity contribution in [3.63, 3.8) is 0 Å². The van der Waals surface area contributed by atoms with Crippen molar-refractivity contribution in [2.24, 2.45) is 5.92 Å². The van der Waals surface area contributed by atoms with Crippen molar-refractivity contribution in [1.82, 2.24) is 30.8 Å². The monoisotopic (exact) mass is 654 g/mol. The van der Waals surface area contributed by atoms with Gasteiger partial charge in [0.2, 0.25) is 11.8 Å². The minimum Gasteiger partial charge on any atom is -0.444 e. The van der Waals surface area contributed by atoms with E-state index in [4.69, 9.17) is 9.47 Å². The molecule has 13 heteroatoms. The van der Waals surface area contributed by atoms with Crippen LogP contribution in [-0.4, -0.2) is 93.0 Å². The van der Waals surface area contributed by atoms with Crippen molar-refractivity contribution >= 4 is 24.0 Å². The molecular weight excluding hydrogens is 604 g/mol. The maximum atomic E-state index is 14.1. The molecule has 47 heavy (non-hydrogen) atoms. The lowest BCUT2D eigenvalue weighted by Gasteiger charge is -2.33. The summed E-state index contributed by atoms with van der Waals surface area (Å²) in [6, 6.07) is 6.37. The van der Waals surface area contributed by atoms with E-state index in [1.807, 2.05) is 37.3 Å². The number of cyclic esters (lactones) is 1. The van der Waals surface area contributed by atoms with Crippen LogP contribution in [0.3, 0.4) is 0 Å². The molecule has 0 unspecified atom stereocenters. The Labute approximate surface area is 276 Å². The molecule has 5 atom stereocenters. The zero-order chi connectivity index (χ0) is 34.0. The molecule has 13 nitrogen and oxygen atoms in total. The summed E-state index contributed by atoms with van der Waals surface area (Å²) in [5.74, 6) is -0.802. The van der Waals surface area contributed by atoms with E-state index in [1.165, 1.54) is 11.2 Å². The van der Waals surface area contributed by atoms with Gasteiger partial charge >= 0.3 is 12.2 Å². The molecule has 1 aliphatic carbocycles. The number of hydrogen-bond donors (Lipinski definition) is 5. The van der Waals surface area contributed by atoms with Crippen LogP contribution in [0.1, 0.15) is 77.5 Å². The Morgan fingerprint density at radius 1 is 1.04 bits per heavy atom. The molecule has 1 aromatic heterocycles. The normalized spacial score (nSPS) is 19.6. The topological polar surface area (TPSA) is 175 Å². The summed E-state index contributed by atoms with van der Waals surface area (Å²) in [5.41, 5.74) is 0.635. The number of nitrogens with one attached hydrogen (secondary N) is 4. The van der Waals surface area contributed by atoms with Gasteiger partial charge in [-0.3, -0.25) is 9.59 Å². The molecule has 1 saturated heterocycles. The van der Waals surface area contributed by atoms with E-state index in [2.05, 4.69) is 25.9 Å². The second-order valence-electron chi connectivity index (χ2n) is 13.5. The Morgan fingerprint density at radius 2 is 1.72 bits per heavy atom. The van der Waals surface area contributed by atoms with Crippen LogP contribution in [0.25, 0.3) is 0 Å². The zero-order valence-corrected chi connectivity index (χ0v) is 27.9. The number of aromatic amines is 1. The molecule has 2 heterocycles. The second-order valence-corrected chi connectivity index (χ2v) is 13.5. The third-order valence-corrected chi connectivity index (χ3v) is 8.63. The molecule has 0 bridgehead atoms. The Bertz CT molecular complexity index is 1310. The van der Waals surface area contributed by atoms with Crippen LogP contribution in [0.15, 0.2) is 42.9 Å². The predicted molar refractivity (Wildman–Crippen MR) is 174 cm³/mol. The van der Waals surface area contributed by atoms with Gasteiger partial charge in [0.15, 0.2) is 0 Å². The van der Waals surface area contributed by atoms with Gasteiger partial charge in [0, 0.05) is 31.3 Å². The molecular formula is C34H50N6O7. The lowest BCUT2D eigenvalue weighted by Crippen LogP contribution is -2.58. The second kappa shape index (κ2) is 16.6. The summed E-state index contributed by atoms with van der Waals surface area (Å²) in [5, 5.41) is 20.0. The molecule has 4 amide bonds. The molecule has 1 aromatic carbocycles. The Balaban J connectivity index is 1.55. The standard InChI is InChI=1S/C34H50N6O7/c1-5-40-20-28(46-33(40)45)29(41)25(16-22-12-8-6-9-13-22)37-31(43)27(18-24-19-35-21-36-24)38-30(42)26(17-23-14-10-7-11-15-23)39-32(44)47-34(2,3)4/h7,10-11,14-15,19,21-22,25-29,41H,5-6,8-9,12-13,16-18,20H2,1-4H3,(H,35,36)(H,37,43)(H,38,42)(H,39,44)/t25-,26-,27-,28-,29+/m0/s1. The maximum Gasteiger partial charge on any atom is 0.410 e. The largest absolute Gasteiger partial charge is 0.444 e. The van der Waals surface area contributed by atoms with Crippen molar-refractivity contribution in [2.45, 2.75) is 115 Å². The van der Waals surface area contributed by atoms with Crippen molar-refractivity contribution < 1.29 is 33.8 Å². The van der Waals surface area contributed by atoms with Gasteiger partial charge in [-0.15, -0.1) is 0 Å². The number of nitrogens with zero attached hydrogens (tertiary/aromatic N) is 2. The number of rotatable bonds is 14. The third kappa shape index (κ3) is 11.0. The Morgan fingerprint density at radius 3 is 2.34 bits per heavy atom. The summed E-state index contributed by atoms with van der Waals surface area (Å²) in [6.07, 6.45) is 5.88. The number of carbonyl (C=O) groups excluding carboxylic acids is 4. The van der Waals surface area contributed by atoms with Crippen LogP contribution >= 0.6 is 0 Å². The van der Waals surface area contributed by atoms with E-state index in [0.717, 1.165) is 37.7 Å². The number of aromatic nitrogens is 2. The minimum absolute atomic E-state index is 0.0797. The summed E-state index contributed by atoms with van der Waals surface area (Å²) >= 11 is 0. The lowest BCUT2D eigenvalue weighted by molar-refractivity contribution is -0.131. The summed E-state index contributed by atoms with van der Waals surface area (Å²) in [6.45, 7) is 7.69. The van der Waals surface area contributed by atoms with E-state index < -0.39 is 59.9 Å². The van der Waals surface area contributed by atoms with E-state index in [0.29, 0.717) is 18.7 Å². The van der Waals surface area contributed by atoms with Crippen LogP contribution in [0.2, 0.25) is 0 Å². The summed E-state index contributed by atoms with van der Waals surface area (Å²) in [4.78, 5) is 61.5. The smallest absolute Gasteiger partial charge is 0.410 e. The van der Waals surface area contributed by atoms with Gasteiger partial charge in [-0.1, -0.05) is 62.4 Å². The molecule has 2 fully saturated rings. The van der Waals surface area contributed by atoms with E-state index >= 15 is 0 Å². The molecule has 1 aliphatic heterocycles. The number of H-pyrrole nitrogens is 1. The van der Waals surface area contributed by atoms with E-state index in [1.54, 1.807) is 27.0 Å². The number of imidazole rings is 1. The molecule has 0 spiro atoms. The minimum atomic E-state index is -1.15. The van der Waals surface area contributed by atoms with Gasteiger partial charge in [-0.2, -0.15) is 0 Å². The number of benzene rings is 1. The quantitative estimate of drug-likeness (QED) is 0.206. The maximum absolute atomic E-state index is 14.1. The first-order chi connectivity index (χ1) is 22.4. The molecule has 258 valence electrons. The number of carbonyl (C=O) groups is 4. The van der Waals surface area contributed by atoms with E-state index in [-0.39, 0.29) is 25.3 Å². The highest BCUT2D eigenvalue weighted by molar-refractivity contribution is 5.91. The first kappa shape index (κ1) is 35.7. The average molecular weight is 655 g/mol. The highest BCUT2D eigenvalue weighted by Crippen LogP contribution is 2.29. The number of aliphatic hydroxyl groups is 1. The first-order valence-electron chi connectivity index (χ1n) is 16.7. The number of aliphatic hydroxyl groups excluding tert-OH is 1. The van der Waals surface area contributed by atoms with Gasteiger partial charge in [0.05, 0.1) is 18.9 Å². The number of alkyl carbamates (subject to hydrolysis) is 1. The fourth-order valence-corrected chi connectivity index (χ4v) is 6.18. The fraction of sp³-hybridized carbons (Fsp3) is 0.618. The van der Waals surface area contributed by atoms with Crippen LogP contribution in [-0.2, 0) is 31.9 Å². The molecule has 2 aromatic rings. The third-order valence-electron chi connectivity index (χ3n) is 8.63. The number of likely N-dealkylation sites (N-methyl/N-ethyl adjacent to an activating group) is 1. The van der Waals surface area contributed by atoms with Gasteiger partial charge in [-0.25, -0.2) is 14.6 Å². The van der Waals surface area contributed by atoms with E-state index in [9.17, 15) is 24.3 Å². The molecule has 1 saturated carbocycles. The van der Waals surface area contributed by atoms with Crippen LogP contribution < -0.4 is 16.0 Å². The Kier molecular flexibility index (Phi) is 12.6. The summed E-state index contributed by atoms with van der Waals surface area (Å²) in [7, 11) is 0. The van der Waals surface area contributed by atoms with Crippen molar-refractivity contribution in [3.05, 3.63) is 54.1 Å². The predicted octanol–water partition coefficient (Wildman–Crippen LogP) is 3.23. The average Bonchev–Trinajstić information content (AvgIpc) is 3.69. The van der Waals surface area contributed by atoms with Crippen LogP contribution in [0, 0.1) is 5.92 Å². The van der Waals surface area contributed by atoms with Gasteiger partial charge in [-0.05, 0) is 45.6 Å². The van der Waals surface area contributed by atoms with Crippen LogP contribution in [0.4, 0.5) is 9.59 Å².